The molecule has 2 heterocycles. The molecule has 0 N–H and O–H groups in total. The third-order valence-electron chi connectivity index (χ3n) is 9.93. The van der Waals surface area contributed by atoms with Gasteiger partial charge >= 0.3 is 0 Å². The van der Waals surface area contributed by atoms with Gasteiger partial charge in [-0.3, -0.25) is 9.59 Å². The van der Waals surface area contributed by atoms with Crippen LogP contribution in [0.2, 0.25) is 0 Å². The molecule has 17 heteroatoms. The lowest BCUT2D eigenvalue weighted by atomic mass is 10.2. The van der Waals surface area contributed by atoms with E-state index in [0.717, 1.165) is 75.6 Å². The molecule has 0 aliphatic carbocycles. The van der Waals surface area contributed by atoms with Crippen molar-refractivity contribution in [2.24, 2.45) is 0 Å². The van der Waals surface area contributed by atoms with Gasteiger partial charge in [0.2, 0.25) is 5.12 Å². The minimum absolute atomic E-state index is 0. The number of unbranched alkanes of at least 4 members (excludes halogenated alkanes) is 3. The summed E-state index contributed by atoms with van der Waals surface area (Å²) < 4.78 is 0. The molecule has 0 spiro atoms. The van der Waals surface area contributed by atoms with E-state index in [-0.39, 0.29) is 17.7 Å². The van der Waals surface area contributed by atoms with Gasteiger partial charge in [-0.15, -0.1) is 11.8 Å². The van der Waals surface area contributed by atoms with Gasteiger partial charge in [-0.05, 0) is 133 Å². The van der Waals surface area contributed by atoms with Gasteiger partial charge in [-0.1, -0.05) is 235 Å². The maximum absolute atomic E-state index is 11.9. The summed E-state index contributed by atoms with van der Waals surface area (Å²) in [7, 11) is 8.00. The predicted octanol–water partition coefficient (Wildman–Crippen LogP) is 22.7. The van der Waals surface area contributed by atoms with Crippen LogP contribution in [-0.2, 0) is 21.1 Å². The summed E-state index contributed by atoms with van der Waals surface area (Å²) in [6, 6.07) is 41.1. The van der Waals surface area contributed by atoms with Gasteiger partial charge < -0.3 is 4.79 Å². The summed E-state index contributed by atoms with van der Waals surface area (Å²) in [6.07, 6.45) is 20.6. The van der Waals surface area contributed by atoms with E-state index in [1.165, 1.54) is 150 Å². The van der Waals surface area contributed by atoms with E-state index >= 15 is 0 Å². The molecular formula is C64H102O3S14. The van der Waals surface area contributed by atoms with E-state index in [4.69, 9.17) is 0 Å². The highest BCUT2D eigenvalue weighted by atomic mass is 33.1. The normalized spacial score (nSPS) is 11.7. The summed E-state index contributed by atoms with van der Waals surface area (Å²) in [6.45, 7) is 10.0. The number of carbonyl (C=O) groups excluding carboxylic acids is 3. The van der Waals surface area contributed by atoms with E-state index in [0.29, 0.717) is 5.75 Å². The lowest BCUT2D eigenvalue weighted by Crippen LogP contribution is -1.95. The van der Waals surface area contributed by atoms with Gasteiger partial charge in [-0.25, -0.2) is 0 Å². The first-order valence-corrected chi connectivity index (χ1v) is 43.3. The summed E-state index contributed by atoms with van der Waals surface area (Å²) >= 11 is 22.1. The average molecular weight is 1370 g/mol. The molecule has 460 valence electrons. The number of hydrogen-bond acceptors (Lipinski definition) is 17. The number of hydrogen-bond donors (Lipinski definition) is 2. The van der Waals surface area contributed by atoms with Gasteiger partial charge in [0.1, 0.15) is 6.29 Å². The maximum atomic E-state index is 11.9. The largest absolute Gasteiger partial charge is 0.302 e. The molecule has 6 rings (SSSR count). The Hall–Kier alpha value is 0.530. The highest BCUT2D eigenvalue weighted by Crippen LogP contribution is 2.30. The quantitative estimate of drug-likeness (QED) is 0.0225. The van der Waals surface area contributed by atoms with Crippen molar-refractivity contribution in [3.8, 4) is 0 Å². The molecule has 0 aromatic heterocycles. The Kier molecular flexibility index (Phi) is 77.3. The topological polar surface area (TPSA) is 51.2 Å². The van der Waals surface area contributed by atoms with Crippen LogP contribution >= 0.6 is 163 Å². The van der Waals surface area contributed by atoms with Crippen LogP contribution in [0.4, 0.5) is 0 Å². The minimum atomic E-state index is 0. The SMILES string of the molecule is C.C1CCSSC1.C1CSSC1.C=C(SCCCSC(=O)c1ccccc1)c1ccccc1.CC(=O)SCCCSCC=O.CCCCCS.CCCCS.CSCCCSC.c1ccc(CSCCCSCc2ccccc2)cc1. The lowest BCUT2D eigenvalue weighted by molar-refractivity contribution is -0.109. The van der Waals surface area contributed by atoms with Crippen molar-refractivity contribution in [2.45, 2.75) is 117 Å². The fourth-order valence-electron chi connectivity index (χ4n) is 5.69. The number of aldehydes is 1. The molecule has 0 amide bonds. The summed E-state index contributed by atoms with van der Waals surface area (Å²) in [5.41, 5.74) is 4.83. The molecule has 4 aromatic rings. The average Bonchev–Trinajstić information content (AvgIpc) is 4.11. The molecule has 0 atom stereocenters. The van der Waals surface area contributed by atoms with Crippen LogP contribution in [0.25, 0.3) is 4.91 Å². The Labute approximate surface area is 558 Å². The van der Waals surface area contributed by atoms with Crippen molar-refractivity contribution in [3.05, 3.63) is 150 Å². The minimum Gasteiger partial charge on any atom is -0.302 e. The zero-order chi connectivity index (χ0) is 58.9. The molecule has 2 fully saturated rings. The van der Waals surface area contributed by atoms with E-state index < -0.39 is 0 Å². The Bertz CT molecular complexity index is 1750. The molecule has 81 heavy (non-hydrogen) atoms. The van der Waals surface area contributed by atoms with Gasteiger partial charge in [0.05, 0.1) is 0 Å². The van der Waals surface area contributed by atoms with Crippen LogP contribution in [0.3, 0.4) is 0 Å². The molecule has 0 saturated carbocycles. The number of thioether (sulfide) groups is 8. The molecule has 4 aromatic carbocycles. The molecule has 0 bridgehead atoms. The molecule has 2 aliphatic heterocycles. The number of benzene rings is 4. The van der Waals surface area contributed by atoms with E-state index in [1.807, 2.05) is 139 Å². The Balaban J connectivity index is -0.000000919. The molecule has 0 radical (unpaired) electrons. The highest BCUT2D eigenvalue weighted by Gasteiger charge is 2.06. The highest BCUT2D eigenvalue weighted by molar-refractivity contribution is 8.77. The Morgan fingerprint density at radius 2 is 0.889 bits per heavy atom. The third kappa shape index (κ3) is 66.3. The third-order valence-corrected chi connectivity index (χ3v) is 23.3. The first kappa shape index (κ1) is 85.7. The predicted molar refractivity (Wildman–Crippen MR) is 411 cm³/mol. The second-order valence-electron chi connectivity index (χ2n) is 17.1. The first-order chi connectivity index (χ1) is 39.2. The number of rotatable bonds is 30. The monoisotopic (exact) mass is 1370 g/mol. The fraction of sp³-hybridized carbons (Fsp3) is 0.547. The molecule has 2 aliphatic rings. The van der Waals surface area contributed by atoms with Crippen LogP contribution < -0.4 is 0 Å². The van der Waals surface area contributed by atoms with Gasteiger partial charge in [0.25, 0.3) is 0 Å². The van der Waals surface area contributed by atoms with Crippen molar-refractivity contribution < 1.29 is 14.4 Å². The van der Waals surface area contributed by atoms with Crippen LogP contribution in [-0.4, -0.2) is 115 Å². The van der Waals surface area contributed by atoms with Crippen LogP contribution in [0.1, 0.15) is 132 Å². The molecule has 2 saturated heterocycles. The van der Waals surface area contributed by atoms with Crippen LogP contribution in [0.5, 0.6) is 0 Å². The fourth-order valence-corrected chi connectivity index (χ4v) is 17.1. The van der Waals surface area contributed by atoms with E-state index in [1.54, 1.807) is 30.4 Å². The summed E-state index contributed by atoms with van der Waals surface area (Å²) in [5.74, 6) is 19.3. The van der Waals surface area contributed by atoms with Gasteiger partial charge in [0, 0.05) is 69.2 Å². The van der Waals surface area contributed by atoms with Crippen molar-refractivity contribution in [1.29, 1.82) is 0 Å². The van der Waals surface area contributed by atoms with E-state index in [9.17, 15) is 14.4 Å². The van der Waals surface area contributed by atoms with Crippen molar-refractivity contribution in [1.82, 2.24) is 0 Å². The van der Waals surface area contributed by atoms with Crippen LogP contribution in [0, 0.1) is 0 Å². The van der Waals surface area contributed by atoms with Crippen LogP contribution in [0.15, 0.2) is 128 Å². The van der Waals surface area contributed by atoms with Crippen molar-refractivity contribution in [2.75, 3.05) is 98.8 Å². The van der Waals surface area contributed by atoms with E-state index in [2.05, 4.69) is 131 Å². The number of carbonyl (C=O) groups is 3. The standard InChI is InChI=1S/C18H18OS2.C17H20S2.C7H12O2S2.C5H12S2.C5H12S.C4H8S2.C4H10S.C3H6S2.CH4/c1-15(16-9-4-2-5-10-16)20-13-8-14-21-18(19)17-11-6-3-7-12-17;1-3-8-16(9-4-1)14-18-12-7-13-19-15-17-10-5-2-6-11-17;1-7(9)11-5-2-4-10-6-3-8;1-6-4-3-5-7-2;1-2-3-4-5-6;1-2-4-6-5-3-1;1-2-3-4-5;1-2-4-5-3-1;/h2-7,9-12H,1,8,13-14H2;1-6,8-11H,7,12-15H2;3H,2,4-6H2,1H3;3-5H2,1-2H3;6H,2-5H2,1H3;1-4H2;5H,2-4H2,1H3;1-3H2;1H4. The van der Waals surface area contributed by atoms with Crippen molar-refractivity contribution >= 4 is 184 Å². The van der Waals surface area contributed by atoms with Gasteiger partial charge in [0.15, 0.2) is 5.12 Å². The second-order valence-corrected chi connectivity index (χ2v) is 32.2. The Morgan fingerprint density at radius 3 is 1.27 bits per heavy atom. The maximum Gasteiger partial charge on any atom is 0.219 e. The lowest BCUT2D eigenvalue weighted by Gasteiger charge is -2.05. The molecular weight excluding hydrogens is 1270 g/mol. The zero-order valence-electron chi connectivity index (χ0n) is 48.9. The van der Waals surface area contributed by atoms with Gasteiger partial charge in [-0.2, -0.15) is 84.1 Å². The molecule has 3 nitrogen and oxygen atoms in total. The summed E-state index contributed by atoms with van der Waals surface area (Å²) in [4.78, 5) is 33.3. The first-order valence-electron chi connectivity index (χ1n) is 27.9. The summed E-state index contributed by atoms with van der Waals surface area (Å²) in [5, 5.41) is 0.327. The van der Waals surface area contributed by atoms with Crippen molar-refractivity contribution in [3.63, 3.8) is 0 Å². The number of thiol groups is 2. The second kappa shape index (κ2) is 73.0. The Morgan fingerprint density at radius 1 is 0.494 bits per heavy atom. The molecule has 0 unspecified atom stereocenters. The zero-order valence-corrected chi connectivity index (χ0v) is 60.4. The smallest absolute Gasteiger partial charge is 0.219 e.